The molecule has 0 amide bonds. The Kier molecular flexibility index (Phi) is 18.8. The average molecular weight is 1010 g/mol. The van der Waals surface area contributed by atoms with Gasteiger partial charge < -0.3 is 109 Å². The van der Waals surface area contributed by atoms with Crippen molar-refractivity contribution in [2.24, 2.45) is 5.92 Å². The number of carbonyl (C=O) groups excluding carboxylic acids is 3. The maximum absolute atomic E-state index is 13.8. The highest BCUT2D eigenvalue weighted by molar-refractivity contribution is 5.91. The molecule has 0 aliphatic carbocycles. The number of phenols is 4. The Labute approximate surface area is 404 Å². The maximum Gasteiger partial charge on any atom is 0.337 e. The topological polar surface area (TPSA) is 386 Å². The Hall–Kier alpha value is -5.49. The molecule has 0 bridgehead atoms. The molecule has 3 fully saturated rings. The minimum Gasteiger partial charge on any atom is -0.504 e. The van der Waals surface area contributed by atoms with Crippen LogP contribution in [0, 0.1) is 5.92 Å². The lowest BCUT2D eigenvalue weighted by Crippen LogP contribution is -2.65. The number of rotatable bonds is 17. The molecule has 0 saturated carbocycles. The van der Waals surface area contributed by atoms with Gasteiger partial charge in [0.1, 0.15) is 54.9 Å². The van der Waals surface area contributed by atoms with Gasteiger partial charge >= 0.3 is 17.9 Å². The van der Waals surface area contributed by atoms with Gasteiger partial charge in [-0.15, -0.1) is 0 Å². The number of ether oxygens (including phenoxy) is 10. The summed E-state index contributed by atoms with van der Waals surface area (Å²) in [5.74, 6) is -5.95. The quantitative estimate of drug-likeness (QED) is 0.0261. The molecule has 4 aliphatic heterocycles. The zero-order valence-electron chi connectivity index (χ0n) is 38.3. The number of hydrogen-bond acceptors (Lipinski definition) is 25. The number of aromatic hydroxyl groups is 4. The molecule has 17 atom stereocenters. The minimum absolute atomic E-state index is 0.0901. The van der Waals surface area contributed by atoms with Crippen LogP contribution in [0.3, 0.4) is 0 Å². The van der Waals surface area contributed by atoms with Gasteiger partial charge in [-0.2, -0.15) is 0 Å². The first-order valence-electron chi connectivity index (χ1n) is 22.2. The van der Waals surface area contributed by atoms with Crippen molar-refractivity contribution in [1.82, 2.24) is 0 Å². The van der Waals surface area contributed by atoms with E-state index >= 15 is 0 Å². The molecule has 25 heteroatoms. The van der Waals surface area contributed by atoms with Crippen LogP contribution in [0.2, 0.25) is 0 Å². The van der Waals surface area contributed by atoms with E-state index in [0.29, 0.717) is 5.56 Å². The molecule has 0 spiro atoms. The average Bonchev–Trinajstić information content (AvgIpc) is 3.35. The van der Waals surface area contributed by atoms with Gasteiger partial charge in [-0.1, -0.05) is 18.2 Å². The van der Waals surface area contributed by atoms with Gasteiger partial charge in [0.25, 0.3) is 0 Å². The number of carbonyl (C=O) groups is 3. The number of hydrogen-bond donors (Lipinski definition) is 12. The smallest absolute Gasteiger partial charge is 0.337 e. The molecule has 4 aliphatic rings. The van der Waals surface area contributed by atoms with Crippen molar-refractivity contribution in [3.05, 3.63) is 77.1 Å². The molecule has 392 valence electrons. The van der Waals surface area contributed by atoms with Crippen LogP contribution in [0.1, 0.15) is 31.4 Å². The summed E-state index contributed by atoms with van der Waals surface area (Å²) >= 11 is 0. The number of benzene rings is 2. The van der Waals surface area contributed by atoms with Gasteiger partial charge in [0, 0.05) is 17.6 Å². The van der Waals surface area contributed by atoms with E-state index in [-0.39, 0.29) is 35.5 Å². The summed E-state index contributed by atoms with van der Waals surface area (Å²) in [6.07, 6.45) is -23.2. The number of aliphatic hydroxyl groups excluding tert-OH is 8. The highest BCUT2D eigenvalue weighted by atomic mass is 16.8. The van der Waals surface area contributed by atoms with Crippen LogP contribution < -0.4 is 0 Å². The van der Waals surface area contributed by atoms with Crippen LogP contribution in [-0.2, 0) is 68.2 Å². The lowest BCUT2D eigenvalue weighted by molar-refractivity contribution is -0.357. The summed E-state index contributed by atoms with van der Waals surface area (Å²) < 4.78 is 56.4. The summed E-state index contributed by atoms with van der Waals surface area (Å²) in [5.41, 5.74) is 0.663. The molecule has 2 aromatic carbocycles. The van der Waals surface area contributed by atoms with Crippen molar-refractivity contribution in [3.8, 4) is 23.0 Å². The number of esters is 3. The second-order valence-electron chi connectivity index (χ2n) is 16.8. The standard InChI is InChI=1S/C46H58O25/c1-4-22-23(24(42(61)62-3)18-64-43(22)71-46-36(58)34(56)33(55)29(16-47)66-46)15-32(54)69-39-19(2)65-45(37(59)35(39)57)70-41-38(60)44(63-12-11-21-6-9-26(50)28(52)14-21)67-30(17-48)40(41)68-31(53)10-7-20-5-8-25(49)27(51)13-20/h4-10,13-14,18-19,23,29-30,33-41,43-52,55-60H,11-12,15-17H2,1-3H3. The van der Waals surface area contributed by atoms with Gasteiger partial charge in [-0.25, -0.2) is 9.59 Å². The molecule has 71 heavy (non-hydrogen) atoms. The SMILES string of the molecule is CC=C1C(OC2OC(CO)C(O)C(O)C2O)OC=C(C(=O)OC)C1CC(=O)OC1C(C)OC(OC2C(O)C(OCCc3ccc(O)c(O)c3)OC(CO)C2OC(=O)C=Cc2ccc(O)c(O)c2)C(O)C1O. The van der Waals surface area contributed by atoms with Crippen molar-refractivity contribution in [2.45, 2.75) is 125 Å². The van der Waals surface area contributed by atoms with Gasteiger partial charge in [0.15, 0.2) is 54.1 Å². The third-order valence-corrected chi connectivity index (χ3v) is 12.1. The molecule has 12 N–H and O–H groups in total. The van der Waals surface area contributed by atoms with Gasteiger partial charge in [0.05, 0.1) is 51.3 Å². The number of methoxy groups -OCH3 is 1. The number of phenolic OH excluding ortho intramolecular Hbond substituents is 4. The Morgan fingerprint density at radius 2 is 1.34 bits per heavy atom. The van der Waals surface area contributed by atoms with Crippen LogP contribution in [-0.4, -0.2) is 205 Å². The summed E-state index contributed by atoms with van der Waals surface area (Å²) in [7, 11) is 1.07. The molecule has 0 aromatic heterocycles. The second kappa shape index (κ2) is 24.3. The predicted octanol–water partition coefficient (Wildman–Crippen LogP) is -2.28. The van der Waals surface area contributed by atoms with Gasteiger partial charge in [-0.05, 0) is 61.7 Å². The van der Waals surface area contributed by atoms with Crippen LogP contribution in [0.25, 0.3) is 6.08 Å². The molecule has 0 radical (unpaired) electrons. The molecule has 25 nitrogen and oxygen atoms in total. The van der Waals surface area contributed by atoms with Crippen molar-refractivity contribution < 1.29 is 123 Å². The number of allylic oxidation sites excluding steroid dienone is 1. The summed E-state index contributed by atoms with van der Waals surface area (Å²) in [6.45, 7) is 1.05. The summed E-state index contributed by atoms with van der Waals surface area (Å²) in [4.78, 5) is 39.9. The Balaban J connectivity index is 1.17. The van der Waals surface area contributed by atoms with E-state index < -0.39 is 159 Å². The normalized spacial score (nSPS) is 34.8. The van der Waals surface area contributed by atoms with Crippen LogP contribution in [0.15, 0.2) is 66.0 Å². The molecule has 2 aromatic rings. The minimum atomic E-state index is -2.07. The highest BCUT2D eigenvalue weighted by Crippen LogP contribution is 2.38. The highest BCUT2D eigenvalue weighted by Gasteiger charge is 2.54. The lowest BCUT2D eigenvalue weighted by atomic mass is 9.86. The monoisotopic (exact) mass is 1010 g/mol. The molecule has 6 rings (SSSR count). The molecular weight excluding hydrogens is 952 g/mol. The first kappa shape index (κ1) is 54.8. The maximum atomic E-state index is 13.8. The Morgan fingerprint density at radius 1 is 0.690 bits per heavy atom. The molecule has 3 saturated heterocycles. The van der Waals surface area contributed by atoms with E-state index in [1.807, 2.05) is 0 Å². The Bertz CT molecular complexity index is 2250. The lowest BCUT2D eigenvalue weighted by Gasteiger charge is -2.47. The first-order valence-corrected chi connectivity index (χ1v) is 22.2. The zero-order chi connectivity index (χ0) is 51.8. The summed E-state index contributed by atoms with van der Waals surface area (Å²) in [5, 5.41) is 125. The van der Waals surface area contributed by atoms with Crippen molar-refractivity contribution in [1.29, 1.82) is 0 Å². The van der Waals surface area contributed by atoms with Crippen molar-refractivity contribution >= 4 is 24.0 Å². The molecular formula is C46H58O25. The van der Waals surface area contributed by atoms with E-state index in [1.165, 1.54) is 56.3 Å². The van der Waals surface area contributed by atoms with Crippen molar-refractivity contribution in [2.75, 3.05) is 26.9 Å². The zero-order valence-corrected chi connectivity index (χ0v) is 38.3. The van der Waals surface area contributed by atoms with E-state index in [0.717, 1.165) is 25.5 Å². The second-order valence-corrected chi connectivity index (χ2v) is 16.8. The van der Waals surface area contributed by atoms with Gasteiger partial charge in [-0.3, -0.25) is 4.79 Å². The van der Waals surface area contributed by atoms with E-state index in [2.05, 4.69) is 0 Å². The predicted molar refractivity (Wildman–Crippen MR) is 233 cm³/mol. The fraction of sp³-hybridized carbons (Fsp3) is 0.543. The summed E-state index contributed by atoms with van der Waals surface area (Å²) in [6, 6.07) is 7.73. The van der Waals surface area contributed by atoms with E-state index in [9.17, 15) is 75.7 Å². The van der Waals surface area contributed by atoms with Crippen LogP contribution >= 0.6 is 0 Å². The number of aliphatic hydroxyl groups is 8. The molecule has 4 heterocycles. The Morgan fingerprint density at radius 3 is 1.99 bits per heavy atom. The van der Waals surface area contributed by atoms with Crippen molar-refractivity contribution in [3.63, 3.8) is 0 Å². The van der Waals surface area contributed by atoms with E-state index in [4.69, 9.17) is 47.4 Å². The largest absolute Gasteiger partial charge is 0.504 e. The fourth-order valence-corrected chi connectivity index (χ4v) is 8.20. The first-order chi connectivity index (χ1) is 33.8. The third-order valence-electron chi connectivity index (χ3n) is 12.1. The van der Waals surface area contributed by atoms with Crippen LogP contribution in [0.4, 0.5) is 0 Å². The van der Waals surface area contributed by atoms with Crippen LogP contribution in [0.5, 0.6) is 23.0 Å². The fourth-order valence-electron chi connectivity index (χ4n) is 8.20. The van der Waals surface area contributed by atoms with Gasteiger partial charge in [0.2, 0.25) is 6.29 Å². The van der Waals surface area contributed by atoms with E-state index in [1.54, 1.807) is 0 Å². The molecule has 17 unspecified atom stereocenters. The third kappa shape index (κ3) is 12.8.